The van der Waals surface area contributed by atoms with Crippen molar-refractivity contribution in [2.45, 2.75) is 6.36 Å². The summed E-state index contributed by atoms with van der Waals surface area (Å²) in [4.78, 5) is 16.9. The number of carbonyl (C=O) groups excluding carboxylic acids is 1. The third-order valence-electron chi connectivity index (χ3n) is 1.92. The number of aldehydes is 1. The van der Waals surface area contributed by atoms with E-state index in [4.69, 9.17) is 0 Å². The Morgan fingerprint density at radius 3 is 2.75 bits per heavy atom. The van der Waals surface area contributed by atoms with Crippen LogP contribution in [0.4, 0.5) is 13.2 Å². The third kappa shape index (κ3) is 1.83. The molecule has 0 amide bonds. The number of rotatable bonds is 2. The van der Waals surface area contributed by atoms with Gasteiger partial charge in [0.15, 0.2) is 12.0 Å². The SMILES string of the molecule is O=Cc1ccc2[nH]cnc2c1OC(F)(F)F. The number of nitrogens with one attached hydrogen (secondary N) is 1. The lowest BCUT2D eigenvalue weighted by Crippen LogP contribution is -2.18. The number of fused-ring (bicyclic) bond motifs is 1. The molecule has 0 saturated carbocycles. The summed E-state index contributed by atoms with van der Waals surface area (Å²) in [5.74, 6) is -0.582. The largest absolute Gasteiger partial charge is 0.573 e. The normalized spacial score (nSPS) is 11.7. The number of alkyl halides is 3. The Kier molecular flexibility index (Phi) is 2.30. The standard InChI is InChI=1S/C9H5F3N2O2/c10-9(11,12)16-8-5(3-15)1-2-6-7(8)14-4-13-6/h1-4H,(H,13,14). The van der Waals surface area contributed by atoms with Crippen molar-refractivity contribution in [2.24, 2.45) is 0 Å². The minimum Gasteiger partial charge on any atom is -0.403 e. The molecule has 4 nitrogen and oxygen atoms in total. The Labute approximate surface area is 87.0 Å². The molecule has 2 aromatic rings. The second-order valence-corrected chi connectivity index (χ2v) is 2.95. The van der Waals surface area contributed by atoms with Gasteiger partial charge in [0.2, 0.25) is 0 Å². The van der Waals surface area contributed by atoms with Crippen molar-refractivity contribution in [2.75, 3.05) is 0 Å². The Bertz CT molecular complexity index is 533. The van der Waals surface area contributed by atoms with Crippen LogP contribution in [0.25, 0.3) is 11.0 Å². The van der Waals surface area contributed by atoms with Crippen LogP contribution in [0.2, 0.25) is 0 Å². The second kappa shape index (κ2) is 3.51. The fourth-order valence-corrected chi connectivity index (χ4v) is 1.31. The molecule has 84 valence electrons. The summed E-state index contributed by atoms with van der Waals surface area (Å²) in [6.07, 6.45) is -3.34. The smallest absolute Gasteiger partial charge is 0.403 e. The highest BCUT2D eigenvalue weighted by molar-refractivity contribution is 5.92. The fraction of sp³-hybridized carbons (Fsp3) is 0.111. The average Bonchev–Trinajstić information content (AvgIpc) is 2.64. The van der Waals surface area contributed by atoms with Gasteiger partial charge in [0, 0.05) is 0 Å². The van der Waals surface area contributed by atoms with E-state index in [0.29, 0.717) is 5.52 Å². The average molecular weight is 230 g/mol. The maximum Gasteiger partial charge on any atom is 0.573 e. The molecule has 2 rings (SSSR count). The molecule has 0 aliphatic carbocycles. The number of halogens is 3. The van der Waals surface area contributed by atoms with Gasteiger partial charge in [0.25, 0.3) is 0 Å². The number of aromatic amines is 1. The quantitative estimate of drug-likeness (QED) is 0.805. The van der Waals surface area contributed by atoms with Gasteiger partial charge < -0.3 is 9.72 Å². The first-order valence-electron chi connectivity index (χ1n) is 4.18. The number of hydrogen-bond acceptors (Lipinski definition) is 3. The lowest BCUT2D eigenvalue weighted by molar-refractivity contribution is -0.274. The van der Waals surface area contributed by atoms with E-state index in [9.17, 15) is 18.0 Å². The number of ether oxygens (including phenoxy) is 1. The molecular formula is C9H5F3N2O2. The van der Waals surface area contributed by atoms with Crippen molar-refractivity contribution in [3.8, 4) is 5.75 Å². The van der Waals surface area contributed by atoms with Crippen molar-refractivity contribution in [1.29, 1.82) is 0 Å². The maximum atomic E-state index is 12.1. The van der Waals surface area contributed by atoms with Crippen LogP contribution in [0, 0.1) is 0 Å². The van der Waals surface area contributed by atoms with Gasteiger partial charge in [-0.25, -0.2) is 4.98 Å². The minimum absolute atomic E-state index is 0.0260. The summed E-state index contributed by atoms with van der Waals surface area (Å²) >= 11 is 0. The summed E-state index contributed by atoms with van der Waals surface area (Å²) < 4.78 is 40.1. The van der Waals surface area contributed by atoms with Gasteiger partial charge in [-0.15, -0.1) is 13.2 Å². The zero-order valence-electron chi connectivity index (χ0n) is 7.71. The molecule has 16 heavy (non-hydrogen) atoms. The molecule has 0 bridgehead atoms. The number of hydrogen-bond donors (Lipinski definition) is 1. The van der Waals surface area contributed by atoms with E-state index in [1.54, 1.807) is 0 Å². The molecule has 1 N–H and O–H groups in total. The molecule has 0 saturated heterocycles. The summed E-state index contributed by atoms with van der Waals surface area (Å²) in [5.41, 5.74) is 0.142. The number of carbonyl (C=O) groups is 1. The van der Waals surface area contributed by atoms with Crippen LogP contribution in [-0.2, 0) is 0 Å². The monoisotopic (exact) mass is 230 g/mol. The molecule has 1 heterocycles. The predicted molar refractivity (Wildman–Crippen MR) is 48.2 cm³/mol. The van der Waals surface area contributed by atoms with E-state index in [2.05, 4.69) is 14.7 Å². The van der Waals surface area contributed by atoms with Crippen LogP contribution in [0.1, 0.15) is 10.4 Å². The number of H-pyrrole nitrogens is 1. The van der Waals surface area contributed by atoms with Crippen molar-refractivity contribution < 1.29 is 22.7 Å². The number of benzene rings is 1. The maximum absolute atomic E-state index is 12.1. The van der Waals surface area contributed by atoms with Crippen LogP contribution in [0.3, 0.4) is 0 Å². The highest BCUT2D eigenvalue weighted by Crippen LogP contribution is 2.31. The van der Waals surface area contributed by atoms with E-state index < -0.39 is 12.1 Å². The lowest BCUT2D eigenvalue weighted by Gasteiger charge is -2.10. The molecule has 0 radical (unpaired) electrons. The Morgan fingerprint density at radius 2 is 2.12 bits per heavy atom. The second-order valence-electron chi connectivity index (χ2n) is 2.95. The van der Waals surface area contributed by atoms with Crippen LogP contribution in [-0.4, -0.2) is 22.6 Å². The van der Waals surface area contributed by atoms with E-state index in [-0.39, 0.29) is 17.4 Å². The summed E-state index contributed by atoms with van der Waals surface area (Å²) in [6.45, 7) is 0. The van der Waals surface area contributed by atoms with Crippen molar-refractivity contribution >= 4 is 17.3 Å². The summed E-state index contributed by atoms with van der Waals surface area (Å²) in [7, 11) is 0. The first-order valence-corrected chi connectivity index (χ1v) is 4.18. The Balaban J connectivity index is 2.62. The lowest BCUT2D eigenvalue weighted by atomic mass is 10.2. The van der Waals surface area contributed by atoms with Gasteiger partial charge in [-0.3, -0.25) is 4.79 Å². The molecule has 1 aromatic heterocycles. The van der Waals surface area contributed by atoms with Gasteiger partial charge in [0.1, 0.15) is 5.52 Å². The summed E-state index contributed by atoms with van der Waals surface area (Å²) in [5, 5.41) is 0. The molecule has 7 heteroatoms. The molecule has 0 aliphatic heterocycles. The number of nitrogens with zero attached hydrogens (tertiary/aromatic N) is 1. The number of imidazole rings is 1. The molecule has 0 fully saturated rings. The zero-order valence-corrected chi connectivity index (χ0v) is 7.71. The van der Waals surface area contributed by atoms with Crippen LogP contribution < -0.4 is 4.74 Å². The van der Waals surface area contributed by atoms with Crippen LogP contribution in [0.15, 0.2) is 18.5 Å². The van der Waals surface area contributed by atoms with E-state index in [0.717, 1.165) is 0 Å². The summed E-state index contributed by atoms with van der Waals surface area (Å²) in [6, 6.07) is 2.68. The topological polar surface area (TPSA) is 55.0 Å². The fourth-order valence-electron chi connectivity index (χ4n) is 1.31. The van der Waals surface area contributed by atoms with E-state index >= 15 is 0 Å². The third-order valence-corrected chi connectivity index (χ3v) is 1.92. The van der Waals surface area contributed by atoms with Gasteiger partial charge in [-0.05, 0) is 12.1 Å². The Hall–Kier alpha value is -2.05. The van der Waals surface area contributed by atoms with Crippen LogP contribution >= 0.6 is 0 Å². The molecule has 1 aromatic carbocycles. The highest BCUT2D eigenvalue weighted by Gasteiger charge is 2.33. The van der Waals surface area contributed by atoms with Gasteiger partial charge in [-0.2, -0.15) is 0 Å². The van der Waals surface area contributed by atoms with Gasteiger partial charge in [-0.1, -0.05) is 0 Å². The zero-order chi connectivity index (χ0) is 11.8. The van der Waals surface area contributed by atoms with E-state index in [1.807, 2.05) is 0 Å². The first kappa shape index (κ1) is 10.5. The van der Waals surface area contributed by atoms with Gasteiger partial charge in [0.05, 0.1) is 17.4 Å². The van der Waals surface area contributed by atoms with Crippen molar-refractivity contribution in [3.05, 3.63) is 24.0 Å². The van der Waals surface area contributed by atoms with Gasteiger partial charge >= 0.3 is 6.36 Å². The molecule has 0 spiro atoms. The Morgan fingerprint density at radius 1 is 1.38 bits per heavy atom. The minimum atomic E-state index is -4.86. The molecule has 0 aliphatic rings. The van der Waals surface area contributed by atoms with Crippen LogP contribution in [0.5, 0.6) is 5.75 Å². The predicted octanol–water partition coefficient (Wildman–Crippen LogP) is 2.27. The van der Waals surface area contributed by atoms with Crippen molar-refractivity contribution in [1.82, 2.24) is 9.97 Å². The van der Waals surface area contributed by atoms with Crippen molar-refractivity contribution in [3.63, 3.8) is 0 Å². The molecule has 0 unspecified atom stereocenters. The first-order chi connectivity index (χ1) is 7.51. The molecular weight excluding hydrogens is 225 g/mol. The number of aromatic nitrogens is 2. The highest BCUT2D eigenvalue weighted by atomic mass is 19.4. The molecule has 0 atom stereocenters. The van der Waals surface area contributed by atoms with E-state index in [1.165, 1.54) is 18.5 Å².